The highest BCUT2D eigenvalue weighted by Gasteiger charge is 2.08. The van der Waals surface area contributed by atoms with Gasteiger partial charge in [0, 0.05) is 23.9 Å². The maximum atomic E-state index is 10.5. The van der Waals surface area contributed by atoms with Crippen molar-refractivity contribution < 1.29 is 14.4 Å². The van der Waals surface area contributed by atoms with Gasteiger partial charge >= 0.3 is 6.09 Å². The first-order valence-corrected chi connectivity index (χ1v) is 8.48. The molecule has 8 heteroatoms. The maximum absolute atomic E-state index is 10.5. The van der Waals surface area contributed by atoms with Crippen molar-refractivity contribution in [2.45, 2.75) is 13.1 Å². The average molecular weight is 392 g/mol. The molecule has 6 nitrogen and oxygen atoms in total. The number of benzene rings is 2. The number of nitrogens with one attached hydrogen (secondary N) is 2. The van der Waals surface area contributed by atoms with E-state index in [1.165, 1.54) is 0 Å². The Morgan fingerprint density at radius 1 is 1.12 bits per heavy atom. The Hall–Kier alpha value is -2.70. The third-order valence-corrected chi connectivity index (χ3v) is 4.53. The van der Waals surface area contributed by atoms with Gasteiger partial charge in [0.1, 0.15) is 5.69 Å². The Kier molecular flexibility index (Phi) is 5.65. The molecule has 1 aromatic heterocycles. The first-order chi connectivity index (χ1) is 12.5. The maximum Gasteiger partial charge on any atom is 0.405 e. The van der Waals surface area contributed by atoms with Gasteiger partial charge in [-0.25, -0.2) is 4.79 Å². The second kappa shape index (κ2) is 8.12. The lowest BCUT2D eigenvalue weighted by Crippen LogP contribution is -2.19. The molecular weight excluding hydrogens is 377 g/mol. The number of hydrogen-bond donors (Lipinski definition) is 3. The van der Waals surface area contributed by atoms with Crippen LogP contribution in [0.25, 0.3) is 11.3 Å². The van der Waals surface area contributed by atoms with Crippen LogP contribution in [0.4, 0.5) is 10.5 Å². The minimum Gasteiger partial charge on any atom is -0.465 e. The van der Waals surface area contributed by atoms with E-state index in [0.717, 1.165) is 16.8 Å². The molecule has 0 spiro atoms. The molecular formula is C18H15Cl2N3O3. The number of carbonyl (C=O) groups is 1. The van der Waals surface area contributed by atoms with Crippen molar-refractivity contribution in [2.75, 3.05) is 5.32 Å². The molecule has 0 aliphatic heterocycles. The lowest BCUT2D eigenvalue weighted by atomic mass is 10.1. The third-order valence-electron chi connectivity index (χ3n) is 3.67. The molecule has 0 saturated carbocycles. The van der Waals surface area contributed by atoms with Crippen molar-refractivity contribution >= 4 is 35.0 Å². The standard InChI is InChI=1S/C18H15Cl2N3O3/c19-15-3-1-2-12(17(15)20)9-21-13-6-4-11(5-7-13)16-8-14(26-23-16)10-22-18(24)25/h1-8,21-22H,9-10H2,(H,24,25). The normalized spacial score (nSPS) is 10.5. The fourth-order valence-corrected chi connectivity index (χ4v) is 2.72. The molecule has 1 amide bonds. The van der Waals surface area contributed by atoms with Gasteiger partial charge in [0.15, 0.2) is 5.76 Å². The van der Waals surface area contributed by atoms with E-state index < -0.39 is 6.09 Å². The smallest absolute Gasteiger partial charge is 0.405 e. The topological polar surface area (TPSA) is 87.4 Å². The summed E-state index contributed by atoms with van der Waals surface area (Å²) in [4.78, 5) is 10.5. The summed E-state index contributed by atoms with van der Waals surface area (Å²) in [7, 11) is 0. The van der Waals surface area contributed by atoms with Gasteiger partial charge in [-0.2, -0.15) is 0 Å². The first kappa shape index (κ1) is 18.1. The fourth-order valence-electron chi connectivity index (χ4n) is 2.34. The van der Waals surface area contributed by atoms with Crippen LogP contribution in [0.2, 0.25) is 10.0 Å². The molecule has 0 bridgehead atoms. The molecule has 0 radical (unpaired) electrons. The fraction of sp³-hybridized carbons (Fsp3) is 0.111. The quantitative estimate of drug-likeness (QED) is 0.548. The van der Waals surface area contributed by atoms with Crippen LogP contribution >= 0.6 is 23.2 Å². The number of amides is 1. The van der Waals surface area contributed by atoms with Crippen LogP contribution in [0.5, 0.6) is 0 Å². The second-order valence-electron chi connectivity index (χ2n) is 5.48. The van der Waals surface area contributed by atoms with E-state index in [9.17, 15) is 4.79 Å². The van der Waals surface area contributed by atoms with E-state index in [4.69, 9.17) is 32.8 Å². The molecule has 0 atom stereocenters. The lowest BCUT2D eigenvalue weighted by molar-refractivity contribution is 0.192. The number of halogens is 2. The zero-order valence-electron chi connectivity index (χ0n) is 13.5. The lowest BCUT2D eigenvalue weighted by Gasteiger charge is -2.09. The van der Waals surface area contributed by atoms with Gasteiger partial charge in [0.05, 0.1) is 16.6 Å². The molecule has 3 rings (SSSR count). The average Bonchev–Trinajstić information content (AvgIpc) is 3.11. The Balaban J connectivity index is 1.63. The summed E-state index contributed by atoms with van der Waals surface area (Å²) in [6, 6.07) is 14.8. The molecule has 0 fully saturated rings. The van der Waals surface area contributed by atoms with E-state index >= 15 is 0 Å². The SMILES string of the molecule is O=C(O)NCc1cc(-c2ccc(NCc3cccc(Cl)c3Cl)cc2)no1. The van der Waals surface area contributed by atoms with Crippen LogP contribution in [0.15, 0.2) is 53.1 Å². The molecule has 3 aromatic rings. The highest BCUT2D eigenvalue weighted by molar-refractivity contribution is 6.42. The molecule has 1 heterocycles. The molecule has 134 valence electrons. The number of rotatable bonds is 6. The Morgan fingerprint density at radius 3 is 2.62 bits per heavy atom. The van der Waals surface area contributed by atoms with Crippen LogP contribution in [0.1, 0.15) is 11.3 Å². The van der Waals surface area contributed by atoms with E-state index in [-0.39, 0.29) is 6.54 Å². The summed E-state index contributed by atoms with van der Waals surface area (Å²) in [5.41, 5.74) is 3.33. The predicted octanol–water partition coefficient (Wildman–Crippen LogP) is 5.03. The van der Waals surface area contributed by atoms with E-state index in [2.05, 4.69) is 15.8 Å². The minimum absolute atomic E-state index is 0.0718. The first-order valence-electron chi connectivity index (χ1n) is 7.72. The summed E-state index contributed by atoms with van der Waals surface area (Å²) in [6.07, 6.45) is -1.11. The van der Waals surface area contributed by atoms with Gasteiger partial charge in [-0.1, -0.05) is 52.6 Å². The van der Waals surface area contributed by atoms with Crippen LogP contribution in [0, 0.1) is 0 Å². The van der Waals surface area contributed by atoms with Crippen molar-refractivity contribution in [1.82, 2.24) is 10.5 Å². The van der Waals surface area contributed by atoms with E-state index in [1.54, 1.807) is 12.1 Å². The van der Waals surface area contributed by atoms with Crippen molar-refractivity contribution in [3.05, 3.63) is 69.9 Å². The Labute approximate surface area is 159 Å². The van der Waals surface area contributed by atoms with Gasteiger partial charge in [0.25, 0.3) is 0 Å². The molecule has 0 aliphatic carbocycles. The van der Waals surface area contributed by atoms with Crippen LogP contribution in [-0.4, -0.2) is 16.4 Å². The van der Waals surface area contributed by atoms with Gasteiger partial charge in [0.2, 0.25) is 0 Å². The molecule has 0 saturated heterocycles. The minimum atomic E-state index is -1.11. The van der Waals surface area contributed by atoms with Crippen molar-refractivity contribution in [1.29, 1.82) is 0 Å². The van der Waals surface area contributed by atoms with Crippen molar-refractivity contribution in [3.63, 3.8) is 0 Å². The predicted molar refractivity (Wildman–Crippen MR) is 101 cm³/mol. The second-order valence-corrected chi connectivity index (χ2v) is 6.27. The largest absolute Gasteiger partial charge is 0.465 e. The number of carboxylic acid groups (broad SMARTS) is 1. The molecule has 2 aromatic carbocycles. The highest BCUT2D eigenvalue weighted by atomic mass is 35.5. The zero-order chi connectivity index (χ0) is 18.5. The van der Waals surface area contributed by atoms with Gasteiger partial charge < -0.3 is 20.3 Å². The van der Waals surface area contributed by atoms with Crippen LogP contribution in [-0.2, 0) is 13.1 Å². The summed E-state index contributed by atoms with van der Waals surface area (Å²) in [6.45, 7) is 0.621. The van der Waals surface area contributed by atoms with Crippen LogP contribution in [0.3, 0.4) is 0 Å². The molecule has 0 aliphatic rings. The van der Waals surface area contributed by atoms with Crippen LogP contribution < -0.4 is 10.6 Å². The number of aromatic nitrogens is 1. The molecule has 26 heavy (non-hydrogen) atoms. The number of anilines is 1. The summed E-state index contributed by atoms with van der Waals surface area (Å²) >= 11 is 12.2. The highest BCUT2D eigenvalue weighted by Crippen LogP contribution is 2.27. The third kappa shape index (κ3) is 4.47. The van der Waals surface area contributed by atoms with E-state index in [0.29, 0.717) is 28.0 Å². The van der Waals surface area contributed by atoms with Gasteiger partial charge in [-0.05, 0) is 23.8 Å². The Bertz CT molecular complexity index is 910. The van der Waals surface area contributed by atoms with E-state index in [1.807, 2.05) is 36.4 Å². The number of nitrogens with zero attached hydrogens (tertiary/aromatic N) is 1. The molecule has 0 unspecified atom stereocenters. The van der Waals surface area contributed by atoms with Crippen molar-refractivity contribution in [3.8, 4) is 11.3 Å². The van der Waals surface area contributed by atoms with Crippen molar-refractivity contribution in [2.24, 2.45) is 0 Å². The molecule has 3 N–H and O–H groups in total. The monoisotopic (exact) mass is 391 g/mol. The zero-order valence-corrected chi connectivity index (χ0v) is 15.0. The van der Waals surface area contributed by atoms with Gasteiger partial charge in [-0.15, -0.1) is 0 Å². The summed E-state index contributed by atoms with van der Waals surface area (Å²) in [5, 5.41) is 19.1. The number of hydrogen-bond acceptors (Lipinski definition) is 4. The summed E-state index contributed by atoms with van der Waals surface area (Å²) in [5.74, 6) is 0.445. The Morgan fingerprint density at radius 2 is 1.88 bits per heavy atom. The van der Waals surface area contributed by atoms with Gasteiger partial charge in [-0.3, -0.25) is 0 Å². The summed E-state index contributed by atoms with van der Waals surface area (Å²) < 4.78 is 5.11.